The number of aryl methyl sites for hydroxylation is 1. The zero-order chi connectivity index (χ0) is 27.6. The van der Waals surface area contributed by atoms with E-state index in [1.165, 1.54) is 11.3 Å². The normalized spacial score (nSPS) is 17.3. The first kappa shape index (κ1) is 26.8. The summed E-state index contributed by atoms with van der Waals surface area (Å²) < 4.78 is 13.6. The van der Waals surface area contributed by atoms with Crippen LogP contribution in [0, 0.1) is 6.92 Å². The van der Waals surface area contributed by atoms with Crippen LogP contribution in [-0.2, 0) is 4.74 Å². The Labute approximate surface area is 230 Å². The highest BCUT2D eigenvalue weighted by atomic mass is 16.6. The molecule has 0 unspecified atom stereocenters. The predicted octanol–water partition coefficient (Wildman–Crippen LogP) is 4.82. The maximum Gasteiger partial charge on any atom is 0.410 e. The van der Waals surface area contributed by atoms with Gasteiger partial charge >= 0.3 is 6.09 Å². The minimum atomic E-state index is -0.518. The van der Waals surface area contributed by atoms with E-state index in [0.717, 1.165) is 31.7 Å². The Morgan fingerprint density at radius 3 is 2.33 bits per heavy atom. The molecule has 0 atom stereocenters. The molecule has 9 heteroatoms. The third-order valence-electron chi connectivity index (χ3n) is 7.29. The monoisotopic (exact) mass is 533 g/mol. The smallest absolute Gasteiger partial charge is 0.410 e. The summed E-state index contributed by atoms with van der Waals surface area (Å²) in [5, 5.41) is 3.08. The van der Waals surface area contributed by atoms with Crippen molar-refractivity contribution in [2.45, 2.75) is 71.1 Å². The molecule has 0 aliphatic carbocycles. The van der Waals surface area contributed by atoms with Crippen molar-refractivity contribution in [1.82, 2.24) is 19.6 Å². The van der Waals surface area contributed by atoms with Gasteiger partial charge in [-0.25, -0.2) is 9.78 Å². The molecular formula is C30H39N5O4. The number of aromatic nitrogens is 2. The predicted molar refractivity (Wildman–Crippen MR) is 151 cm³/mol. The van der Waals surface area contributed by atoms with Crippen molar-refractivity contribution in [2.75, 3.05) is 31.1 Å². The van der Waals surface area contributed by atoms with E-state index in [1.54, 1.807) is 11.1 Å². The van der Waals surface area contributed by atoms with Crippen LogP contribution in [-0.4, -0.2) is 70.2 Å². The number of hydrogen-bond donors (Lipinski definition) is 1. The maximum absolute atomic E-state index is 12.9. The highest BCUT2D eigenvalue weighted by Crippen LogP contribution is 2.24. The number of nitrogens with one attached hydrogen (secondary N) is 1. The summed E-state index contributed by atoms with van der Waals surface area (Å²) in [6.07, 6.45) is 6.74. The van der Waals surface area contributed by atoms with Gasteiger partial charge in [-0.2, -0.15) is 0 Å². The summed E-state index contributed by atoms with van der Waals surface area (Å²) >= 11 is 0. The summed E-state index contributed by atoms with van der Waals surface area (Å²) in [5.41, 5.74) is 3.06. The third kappa shape index (κ3) is 6.82. The molecule has 2 saturated heterocycles. The van der Waals surface area contributed by atoms with Crippen LogP contribution in [0.5, 0.6) is 5.75 Å². The molecule has 3 aromatic rings. The number of fused-ring (bicyclic) bond motifs is 1. The van der Waals surface area contributed by atoms with Crippen LogP contribution in [0.1, 0.15) is 62.5 Å². The summed E-state index contributed by atoms with van der Waals surface area (Å²) in [7, 11) is 0. The van der Waals surface area contributed by atoms with Crippen LogP contribution in [0.2, 0.25) is 0 Å². The molecular weight excluding hydrogens is 494 g/mol. The van der Waals surface area contributed by atoms with Crippen molar-refractivity contribution in [1.29, 1.82) is 0 Å². The lowest BCUT2D eigenvalue weighted by molar-refractivity contribution is 0.0199. The average molecular weight is 534 g/mol. The highest BCUT2D eigenvalue weighted by molar-refractivity contribution is 5.93. The number of rotatable bonds is 5. The number of amides is 2. The van der Waals surface area contributed by atoms with E-state index < -0.39 is 5.60 Å². The van der Waals surface area contributed by atoms with Gasteiger partial charge in [-0.15, -0.1) is 0 Å². The Morgan fingerprint density at radius 2 is 1.67 bits per heavy atom. The van der Waals surface area contributed by atoms with Gasteiger partial charge in [0.15, 0.2) is 0 Å². The number of piperidine rings is 2. The second kappa shape index (κ2) is 11.2. The summed E-state index contributed by atoms with van der Waals surface area (Å²) in [6, 6.07) is 12.5. The van der Waals surface area contributed by atoms with Gasteiger partial charge in [0.05, 0.1) is 0 Å². The van der Waals surface area contributed by atoms with Gasteiger partial charge in [-0.3, -0.25) is 4.79 Å². The van der Waals surface area contributed by atoms with Gasteiger partial charge in [0.2, 0.25) is 0 Å². The molecule has 2 amide bonds. The van der Waals surface area contributed by atoms with Crippen LogP contribution < -0.4 is 15.0 Å². The van der Waals surface area contributed by atoms with Gasteiger partial charge in [0.25, 0.3) is 5.91 Å². The molecule has 2 fully saturated rings. The van der Waals surface area contributed by atoms with Crippen LogP contribution in [0.3, 0.4) is 0 Å². The molecule has 0 saturated carbocycles. The van der Waals surface area contributed by atoms with Crippen molar-refractivity contribution in [2.24, 2.45) is 0 Å². The molecule has 0 radical (unpaired) electrons. The number of nitrogens with zero attached hydrogens (tertiary/aromatic N) is 4. The van der Waals surface area contributed by atoms with E-state index in [-0.39, 0.29) is 24.1 Å². The van der Waals surface area contributed by atoms with E-state index in [1.807, 2.05) is 43.5 Å². The molecule has 2 aliphatic heterocycles. The lowest BCUT2D eigenvalue weighted by Gasteiger charge is -2.33. The summed E-state index contributed by atoms with van der Waals surface area (Å²) in [4.78, 5) is 33.9. The Balaban J connectivity index is 1.12. The number of imidazole rings is 1. The Hall–Kier alpha value is -3.75. The first-order valence-corrected chi connectivity index (χ1v) is 13.9. The lowest BCUT2D eigenvalue weighted by atomic mass is 10.1. The summed E-state index contributed by atoms with van der Waals surface area (Å²) in [6.45, 7) is 10.7. The van der Waals surface area contributed by atoms with Crippen molar-refractivity contribution in [3.8, 4) is 5.75 Å². The molecule has 5 rings (SSSR count). The van der Waals surface area contributed by atoms with Gasteiger partial charge in [-0.05, 0) is 58.7 Å². The van der Waals surface area contributed by atoms with Gasteiger partial charge < -0.3 is 29.0 Å². The molecule has 2 aliphatic rings. The van der Waals surface area contributed by atoms with Crippen LogP contribution in [0.25, 0.3) is 5.65 Å². The Kier molecular flexibility index (Phi) is 7.68. The standard InChI is InChI=1S/C30H39N5O4/c1-21-5-7-23(8-6-21)33-16-11-24(12-17-33)38-25-13-18-35-20-26(32-27(35)19-25)28(36)31-22-9-14-34(15-10-22)29(37)39-30(2,3)4/h5-8,13,18-20,22,24H,9-12,14-17H2,1-4H3,(H,31,36). The molecule has 4 heterocycles. The number of benzene rings is 1. The van der Waals surface area contributed by atoms with Crippen molar-refractivity contribution in [3.63, 3.8) is 0 Å². The minimum Gasteiger partial charge on any atom is -0.490 e. The molecule has 39 heavy (non-hydrogen) atoms. The molecule has 1 aromatic carbocycles. The fourth-order valence-electron chi connectivity index (χ4n) is 5.12. The van der Waals surface area contributed by atoms with Crippen LogP contribution >= 0.6 is 0 Å². The number of hydrogen-bond acceptors (Lipinski definition) is 6. The van der Waals surface area contributed by atoms with Gasteiger partial charge in [0.1, 0.15) is 28.8 Å². The van der Waals surface area contributed by atoms with E-state index in [9.17, 15) is 9.59 Å². The Morgan fingerprint density at radius 1 is 0.974 bits per heavy atom. The number of carbonyl (C=O) groups excluding carboxylic acids is 2. The summed E-state index contributed by atoms with van der Waals surface area (Å²) in [5.74, 6) is 0.559. The molecule has 0 bridgehead atoms. The number of likely N-dealkylation sites (tertiary alicyclic amines) is 1. The van der Waals surface area contributed by atoms with E-state index in [0.29, 0.717) is 37.3 Å². The maximum atomic E-state index is 12.9. The zero-order valence-corrected chi connectivity index (χ0v) is 23.4. The van der Waals surface area contributed by atoms with Gasteiger partial charge in [-0.1, -0.05) is 17.7 Å². The number of ether oxygens (including phenoxy) is 2. The fraction of sp³-hybridized carbons (Fsp3) is 0.500. The first-order chi connectivity index (χ1) is 18.6. The molecule has 0 spiro atoms. The second-order valence-electron chi connectivity index (χ2n) is 11.6. The van der Waals surface area contributed by atoms with Crippen molar-refractivity contribution in [3.05, 3.63) is 60.0 Å². The van der Waals surface area contributed by atoms with Crippen LogP contribution in [0.15, 0.2) is 48.8 Å². The fourth-order valence-corrected chi connectivity index (χ4v) is 5.12. The topological polar surface area (TPSA) is 88.4 Å². The number of anilines is 1. The Bertz CT molecular complexity index is 1300. The van der Waals surface area contributed by atoms with Crippen LogP contribution in [0.4, 0.5) is 10.5 Å². The third-order valence-corrected chi connectivity index (χ3v) is 7.29. The molecule has 9 nitrogen and oxygen atoms in total. The lowest BCUT2D eigenvalue weighted by Crippen LogP contribution is -2.47. The van der Waals surface area contributed by atoms with Crippen molar-refractivity contribution >= 4 is 23.3 Å². The quantitative estimate of drug-likeness (QED) is 0.506. The first-order valence-electron chi connectivity index (χ1n) is 13.9. The largest absolute Gasteiger partial charge is 0.490 e. The minimum absolute atomic E-state index is 0.00864. The second-order valence-corrected chi connectivity index (χ2v) is 11.6. The zero-order valence-electron chi connectivity index (χ0n) is 23.4. The molecule has 1 N–H and O–H groups in total. The number of carbonyl (C=O) groups is 2. The van der Waals surface area contributed by atoms with Crippen molar-refractivity contribution < 1.29 is 19.1 Å². The number of pyridine rings is 1. The van der Waals surface area contributed by atoms with E-state index in [4.69, 9.17) is 9.47 Å². The van der Waals surface area contributed by atoms with E-state index >= 15 is 0 Å². The molecule has 2 aromatic heterocycles. The van der Waals surface area contributed by atoms with E-state index in [2.05, 4.69) is 46.4 Å². The molecule has 208 valence electrons. The van der Waals surface area contributed by atoms with Gasteiger partial charge in [0, 0.05) is 69.2 Å². The average Bonchev–Trinajstić information content (AvgIpc) is 3.33. The SMILES string of the molecule is Cc1ccc(N2CCC(Oc3ccn4cc(C(=O)NC5CCN(C(=O)OC(C)(C)C)CC5)nc4c3)CC2)cc1. The highest BCUT2D eigenvalue weighted by Gasteiger charge is 2.28.